The van der Waals surface area contributed by atoms with Crippen molar-refractivity contribution < 1.29 is 33.6 Å². The molecule has 1 heterocycles. The molecule has 31 heavy (non-hydrogen) atoms. The second kappa shape index (κ2) is 9.79. The molecule has 0 saturated heterocycles. The predicted octanol–water partition coefficient (Wildman–Crippen LogP) is 2.09. The van der Waals surface area contributed by atoms with Crippen molar-refractivity contribution in [2.75, 3.05) is 13.2 Å². The minimum absolute atomic E-state index is 0.00934. The molecule has 1 aliphatic heterocycles. The number of rotatable bonds is 8. The third-order valence-corrected chi connectivity index (χ3v) is 4.52. The summed E-state index contributed by atoms with van der Waals surface area (Å²) in [5.41, 5.74) is -0.644. The molecule has 0 radical (unpaired) electrons. The number of allylic oxidation sites excluding steroid dienone is 2. The Morgan fingerprint density at radius 1 is 0.903 bits per heavy atom. The van der Waals surface area contributed by atoms with Crippen molar-refractivity contribution in [3.63, 3.8) is 0 Å². The maximum absolute atomic E-state index is 12.6. The number of nitrogens with zero attached hydrogens (tertiary/aromatic N) is 1. The average Bonchev–Trinajstić information content (AvgIpc) is 2.72. The van der Waals surface area contributed by atoms with Gasteiger partial charge in [0.1, 0.15) is 11.4 Å². The lowest BCUT2D eigenvalue weighted by Gasteiger charge is -2.30. The molecule has 0 fully saturated rings. The van der Waals surface area contributed by atoms with Crippen molar-refractivity contribution in [1.82, 2.24) is 5.32 Å². The Morgan fingerprint density at radius 2 is 1.32 bits per heavy atom. The summed E-state index contributed by atoms with van der Waals surface area (Å²) in [5.74, 6) is -3.98. The van der Waals surface area contributed by atoms with Gasteiger partial charge in [0.25, 0.3) is 5.69 Å². The van der Waals surface area contributed by atoms with E-state index >= 15 is 0 Å². The van der Waals surface area contributed by atoms with Gasteiger partial charge in [-0.15, -0.1) is 0 Å². The van der Waals surface area contributed by atoms with Crippen LogP contribution in [0.4, 0.5) is 5.69 Å². The van der Waals surface area contributed by atoms with Crippen LogP contribution in [0, 0.1) is 10.1 Å². The Morgan fingerprint density at radius 3 is 1.65 bits per heavy atom. The minimum atomic E-state index is -1.13. The standard InChI is InChI=1S/C21H22N2O8/c1-5-30-20(26)18-15(11(3)24)17(13-7-9-14(10-8-13)23(28)29)16(12(4)25)19(22-18)21(27)31-6-2/h7-10,17,22H,5-6H2,1-4H3. The van der Waals surface area contributed by atoms with Crippen LogP contribution in [-0.2, 0) is 28.7 Å². The van der Waals surface area contributed by atoms with Crippen LogP contribution in [0.5, 0.6) is 0 Å². The monoisotopic (exact) mass is 430 g/mol. The number of ether oxygens (including phenoxy) is 2. The zero-order chi connectivity index (χ0) is 23.3. The fourth-order valence-electron chi connectivity index (χ4n) is 3.30. The molecule has 1 aliphatic rings. The number of hydrogen-bond donors (Lipinski definition) is 1. The first kappa shape index (κ1) is 23.5. The van der Waals surface area contributed by atoms with E-state index in [0.717, 1.165) is 0 Å². The van der Waals surface area contributed by atoms with Crippen molar-refractivity contribution in [3.05, 3.63) is 62.5 Å². The maximum atomic E-state index is 12.6. The molecule has 1 aromatic carbocycles. The molecule has 0 aliphatic carbocycles. The third-order valence-electron chi connectivity index (χ3n) is 4.52. The zero-order valence-corrected chi connectivity index (χ0v) is 17.5. The number of nitro groups is 1. The van der Waals surface area contributed by atoms with E-state index in [9.17, 15) is 29.3 Å². The Hall–Kier alpha value is -3.82. The van der Waals surface area contributed by atoms with Crippen LogP contribution >= 0.6 is 0 Å². The van der Waals surface area contributed by atoms with E-state index in [-0.39, 0.29) is 41.4 Å². The molecule has 0 amide bonds. The first-order valence-electron chi connectivity index (χ1n) is 9.49. The molecule has 0 unspecified atom stereocenters. The number of ketones is 2. The molecule has 0 atom stereocenters. The number of dihydropyridines is 1. The van der Waals surface area contributed by atoms with Crippen LogP contribution in [0.3, 0.4) is 0 Å². The van der Waals surface area contributed by atoms with Crippen LogP contribution in [-0.4, -0.2) is 41.6 Å². The Labute approximate surface area is 178 Å². The van der Waals surface area contributed by atoms with E-state index in [1.807, 2.05) is 0 Å². The average molecular weight is 430 g/mol. The Kier molecular flexibility index (Phi) is 7.41. The summed E-state index contributed by atoms with van der Waals surface area (Å²) in [7, 11) is 0. The molecule has 0 spiro atoms. The summed E-state index contributed by atoms with van der Waals surface area (Å²) in [6.45, 7) is 5.59. The second-order valence-electron chi connectivity index (χ2n) is 6.54. The summed E-state index contributed by atoms with van der Waals surface area (Å²) in [6.07, 6.45) is 0. The SMILES string of the molecule is CCOC(=O)C1=C(C(C)=O)C(c2ccc([N+](=O)[O-])cc2)C(C(C)=O)=C(C(=O)OCC)N1. The summed E-state index contributed by atoms with van der Waals surface area (Å²) in [5, 5.41) is 13.6. The third kappa shape index (κ3) is 4.85. The summed E-state index contributed by atoms with van der Waals surface area (Å²) < 4.78 is 10.0. The second-order valence-corrected chi connectivity index (χ2v) is 6.54. The highest BCUT2D eigenvalue weighted by molar-refractivity contribution is 6.12. The number of nitrogens with one attached hydrogen (secondary N) is 1. The van der Waals surface area contributed by atoms with Gasteiger partial charge in [0.2, 0.25) is 0 Å². The molecule has 1 aromatic rings. The fraction of sp³-hybridized carbons (Fsp3) is 0.333. The number of benzene rings is 1. The normalized spacial score (nSPS) is 14.1. The molecule has 164 valence electrons. The topological polar surface area (TPSA) is 142 Å². The summed E-state index contributed by atoms with van der Waals surface area (Å²) >= 11 is 0. The van der Waals surface area contributed by atoms with Gasteiger partial charge < -0.3 is 14.8 Å². The smallest absolute Gasteiger partial charge is 0.355 e. The van der Waals surface area contributed by atoms with Crippen molar-refractivity contribution in [2.24, 2.45) is 0 Å². The highest BCUT2D eigenvalue weighted by atomic mass is 16.6. The van der Waals surface area contributed by atoms with Crippen LogP contribution in [0.1, 0.15) is 39.2 Å². The largest absolute Gasteiger partial charge is 0.461 e. The molecule has 1 N–H and O–H groups in total. The number of esters is 2. The number of carbonyl (C=O) groups excluding carboxylic acids is 4. The number of nitro benzene ring substituents is 1. The lowest BCUT2D eigenvalue weighted by molar-refractivity contribution is -0.384. The van der Waals surface area contributed by atoms with Crippen molar-refractivity contribution in [3.8, 4) is 0 Å². The fourth-order valence-corrected chi connectivity index (χ4v) is 3.30. The Bertz CT molecular complexity index is 953. The molecule has 0 bridgehead atoms. The van der Waals surface area contributed by atoms with Gasteiger partial charge in [-0.3, -0.25) is 19.7 Å². The van der Waals surface area contributed by atoms with Crippen molar-refractivity contribution in [2.45, 2.75) is 33.6 Å². The van der Waals surface area contributed by atoms with E-state index in [0.29, 0.717) is 5.56 Å². The highest BCUT2D eigenvalue weighted by Crippen LogP contribution is 2.40. The lowest BCUT2D eigenvalue weighted by atomic mass is 9.77. The predicted molar refractivity (Wildman–Crippen MR) is 108 cm³/mol. The molecule has 0 aromatic heterocycles. The molecule has 0 saturated carbocycles. The van der Waals surface area contributed by atoms with E-state index in [2.05, 4.69) is 5.32 Å². The van der Waals surface area contributed by atoms with E-state index in [1.54, 1.807) is 13.8 Å². The number of Topliss-reactive ketones (excluding diaryl/α,β-unsaturated/α-hetero) is 2. The van der Waals surface area contributed by atoms with E-state index < -0.39 is 34.3 Å². The van der Waals surface area contributed by atoms with Crippen molar-refractivity contribution in [1.29, 1.82) is 0 Å². The summed E-state index contributed by atoms with van der Waals surface area (Å²) in [4.78, 5) is 60.8. The molecule has 10 heteroatoms. The molecule has 2 rings (SSSR count). The van der Waals surface area contributed by atoms with Crippen LogP contribution in [0.25, 0.3) is 0 Å². The molecule has 10 nitrogen and oxygen atoms in total. The molecular weight excluding hydrogens is 408 g/mol. The Balaban J connectivity index is 2.84. The van der Waals surface area contributed by atoms with Crippen LogP contribution < -0.4 is 5.32 Å². The summed E-state index contributed by atoms with van der Waals surface area (Å²) in [6, 6.07) is 5.15. The van der Waals surface area contributed by atoms with Gasteiger partial charge >= 0.3 is 11.9 Å². The van der Waals surface area contributed by atoms with Gasteiger partial charge in [0.05, 0.1) is 18.1 Å². The van der Waals surface area contributed by atoms with Gasteiger partial charge in [-0.25, -0.2) is 9.59 Å². The van der Waals surface area contributed by atoms with Crippen molar-refractivity contribution >= 4 is 29.2 Å². The van der Waals surface area contributed by atoms with Gasteiger partial charge in [-0.05, 0) is 33.3 Å². The van der Waals surface area contributed by atoms with Gasteiger partial charge in [-0.2, -0.15) is 0 Å². The first-order chi connectivity index (χ1) is 14.6. The number of non-ortho nitro benzene ring substituents is 1. The highest BCUT2D eigenvalue weighted by Gasteiger charge is 2.40. The first-order valence-corrected chi connectivity index (χ1v) is 9.49. The quantitative estimate of drug-likeness (QED) is 0.372. The van der Waals surface area contributed by atoms with Gasteiger partial charge in [0.15, 0.2) is 11.6 Å². The van der Waals surface area contributed by atoms with Crippen LogP contribution in [0.15, 0.2) is 46.8 Å². The van der Waals surface area contributed by atoms with Gasteiger partial charge in [0, 0.05) is 29.2 Å². The maximum Gasteiger partial charge on any atom is 0.355 e. The molecular formula is C21H22N2O8. The van der Waals surface area contributed by atoms with Crippen LogP contribution in [0.2, 0.25) is 0 Å². The number of hydrogen-bond acceptors (Lipinski definition) is 9. The number of carbonyl (C=O) groups is 4. The van der Waals surface area contributed by atoms with E-state index in [1.165, 1.54) is 38.1 Å². The lowest BCUT2D eigenvalue weighted by Crippen LogP contribution is -2.38. The van der Waals surface area contributed by atoms with E-state index in [4.69, 9.17) is 9.47 Å². The minimum Gasteiger partial charge on any atom is -0.461 e. The zero-order valence-electron chi connectivity index (χ0n) is 17.5. The van der Waals surface area contributed by atoms with Gasteiger partial charge in [-0.1, -0.05) is 12.1 Å².